The molecule has 0 aromatic heterocycles. The van der Waals surface area contributed by atoms with Crippen molar-refractivity contribution in [3.8, 4) is 0 Å². The highest BCUT2D eigenvalue weighted by Gasteiger charge is 2.17. The molecule has 0 aliphatic rings. The summed E-state index contributed by atoms with van der Waals surface area (Å²) in [4.78, 5) is 23.1. The third kappa shape index (κ3) is 4.67. The van der Waals surface area contributed by atoms with Gasteiger partial charge in [-0.1, -0.05) is 6.07 Å². The predicted molar refractivity (Wildman–Crippen MR) is 69.1 cm³/mol. The van der Waals surface area contributed by atoms with Gasteiger partial charge >= 0.3 is 11.8 Å². The van der Waals surface area contributed by atoms with E-state index >= 15 is 0 Å². The summed E-state index contributed by atoms with van der Waals surface area (Å²) in [7, 11) is 0. The van der Waals surface area contributed by atoms with Gasteiger partial charge in [-0.25, -0.2) is 4.39 Å². The van der Waals surface area contributed by atoms with E-state index in [-0.39, 0.29) is 18.3 Å². The van der Waals surface area contributed by atoms with Gasteiger partial charge in [0.25, 0.3) is 0 Å². The summed E-state index contributed by atoms with van der Waals surface area (Å²) >= 11 is 0. The van der Waals surface area contributed by atoms with E-state index in [4.69, 9.17) is 5.11 Å². The Hall–Kier alpha value is -1.95. The number of rotatable bonds is 4. The fourth-order valence-corrected chi connectivity index (χ4v) is 1.47. The number of anilines is 1. The zero-order chi connectivity index (χ0) is 14.4. The molecule has 0 radical (unpaired) electrons. The molecule has 0 saturated carbocycles. The van der Waals surface area contributed by atoms with Crippen molar-refractivity contribution in [2.75, 3.05) is 11.9 Å². The number of nitrogens with one attached hydrogen (secondary N) is 2. The maximum atomic E-state index is 13.4. The number of hydrogen-bond donors (Lipinski definition) is 3. The monoisotopic (exact) mass is 268 g/mol. The maximum Gasteiger partial charge on any atom is 0.313 e. The van der Waals surface area contributed by atoms with Crippen LogP contribution in [0.4, 0.5) is 10.1 Å². The van der Waals surface area contributed by atoms with Crippen LogP contribution < -0.4 is 10.6 Å². The molecule has 1 aromatic rings. The second-order valence-electron chi connectivity index (χ2n) is 4.32. The molecule has 0 bridgehead atoms. The molecule has 0 unspecified atom stereocenters. The molecule has 0 aliphatic carbocycles. The van der Waals surface area contributed by atoms with Gasteiger partial charge in [-0.3, -0.25) is 9.59 Å². The third-order valence-electron chi connectivity index (χ3n) is 2.52. The second-order valence-corrected chi connectivity index (χ2v) is 4.32. The van der Waals surface area contributed by atoms with E-state index < -0.39 is 17.6 Å². The number of aliphatic hydroxyl groups is 1. The minimum atomic E-state index is -0.936. The Morgan fingerprint density at radius 2 is 2.05 bits per heavy atom. The molecule has 0 heterocycles. The Morgan fingerprint density at radius 3 is 2.68 bits per heavy atom. The summed E-state index contributed by atoms with van der Waals surface area (Å²) in [6.07, 6.45) is 0.345. The Bertz CT molecular complexity index is 477. The number of aliphatic hydroxyl groups excluding tert-OH is 1. The fourth-order valence-electron chi connectivity index (χ4n) is 1.47. The minimum Gasteiger partial charge on any atom is -0.396 e. The van der Waals surface area contributed by atoms with E-state index in [0.717, 1.165) is 5.56 Å². The van der Waals surface area contributed by atoms with Crippen molar-refractivity contribution in [1.29, 1.82) is 0 Å². The Morgan fingerprint density at radius 1 is 1.37 bits per heavy atom. The van der Waals surface area contributed by atoms with Crippen molar-refractivity contribution in [2.24, 2.45) is 0 Å². The standard InChI is InChI=1S/C13H17FN2O3/c1-8-3-4-10(14)11(7-8)16-13(19)12(18)15-9(2)5-6-17/h3-4,7,9,17H,5-6H2,1-2H3,(H,15,18)(H,16,19)/t9-/m1/s1. The van der Waals surface area contributed by atoms with Gasteiger partial charge in [-0.05, 0) is 38.0 Å². The van der Waals surface area contributed by atoms with E-state index in [1.807, 2.05) is 0 Å². The quantitative estimate of drug-likeness (QED) is 0.712. The summed E-state index contributed by atoms with van der Waals surface area (Å²) in [5.41, 5.74) is 0.737. The van der Waals surface area contributed by atoms with Crippen molar-refractivity contribution in [3.63, 3.8) is 0 Å². The largest absolute Gasteiger partial charge is 0.396 e. The zero-order valence-electron chi connectivity index (χ0n) is 10.9. The Balaban J connectivity index is 2.64. The lowest BCUT2D eigenvalue weighted by Crippen LogP contribution is -2.41. The zero-order valence-corrected chi connectivity index (χ0v) is 10.9. The first kappa shape index (κ1) is 15.1. The average molecular weight is 268 g/mol. The van der Waals surface area contributed by atoms with Crippen molar-refractivity contribution in [3.05, 3.63) is 29.6 Å². The van der Waals surface area contributed by atoms with Gasteiger partial charge in [0.1, 0.15) is 5.82 Å². The number of carbonyl (C=O) groups excluding carboxylic acids is 2. The lowest BCUT2D eigenvalue weighted by molar-refractivity contribution is -0.136. The highest BCUT2D eigenvalue weighted by Crippen LogP contribution is 2.15. The van der Waals surface area contributed by atoms with Crippen LogP contribution >= 0.6 is 0 Å². The van der Waals surface area contributed by atoms with E-state index in [1.165, 1.54) is 12.1 Å². The number of hydrogen-bond acceptors (Lipinski definition) is 3. The molecule has 6 heteroatoms. The average Bonchev–Trinajstić information content (AvgIpc) is 2.34. The highest BCUT2D eigenvalue weighted by molar-refractivity contribution is 6.39. The van der Waals surface area contributed by atoms with Crippen LogP contribution in [0.5, 0.6) is 0 Å². The van der Waals surface area contributed by atoms with Crippen LogP contribution in [-0.4, -0.2) is 29.6 Å². The predicted octanol–water partition coefficient (Wildman–Crippen LogP) is 0.960. The Kier molecular flexibility index (Phi) is 5.44. The number of halogens is 1. The van der Waals surface area contributed by atoms with Gasteiger partial charge in [0.2, 0.25) is 0 Å². The molecule has 19 heavy (non-hydrogen) atoms. The summed E-state index contributed by atoms with van der Waals surface area (Å²) in [5.74, 6) is -2.40. The molecular formula is C13H17FN2O3. The van der Waals surface area contributed by atoms with E-state index in [9.17, 15) is 14.0 Å². The van der Waals surface area contributed by atoms with E-state index in [2.05, 4.69) is 10.6 Å². The van der Waals surface area contributed by atoms with Gasteiger partial charge in [0, 0.05) is 12.6 Å². The molecule has 0 spiro atoms. The Labute approximate surface area is 110 Å². The first-order chi connectivity index (χ1) is 8.93. The molecule has 3 N–H and O–H groups in total. The number of amides is 2. The molecule has 0 aliphatic heterocycles. The van der Waals surface area contributed by atoms with Gasteiger partial charge < -0.3 is 15.7 Å². The molecule has 0 saturated heterocycles. The van der Waals surface area contributed by atoms with Gasteiger partial charge in [-0.15, -0.1) is 0 Å². The lowest BCUT2D eigenvalue weighted by atomic mass is 10.2. The number of benzene rings is 1. The molecule has 1 aromatic carbocycles. The van der Waals surface area contributed by atoms with Crippen molar-refractivity contribution < 1.29 is 19.1 Å². The molecular weight excluding hydrogens is 251 g/mol. The minimum absolute atomic E-state index is 0.0324. The van der Waals surface area contributed by atoms with Crippen LogP contribution in [0.25, 0.3) is 0 Å². The summed E-state index contributed by atoms with van der Waals surface area (Å²) < 4.78 is 13.4. The van der Waals surface area contributed by atoms with Crippen molar-refractivity contribution in [1.82, 2.24) is 5.32 Å². The molecule has 2 amide bonds. The fraction of sp³-hybridized carbons (Fsp3) is 0.385. The number of aryl methyl sites for hydroxylation is 1. The topological polar surface area (TPSA) is 78.4 Å². The molecule has 5 nitrogen and oxygen atoms in total. The van der Waals surface area contributed by atoms with Gasteiger partial charge in [0.15, 0.2) is 0 Å². The van der Waals surface area contributed by atoms with Crippen molar-refractivity contribution in [2.45, 2.75) is 26.3 Å². The first-order valence-corrected chi connectivity index (χ1v) is 5.93. The normalized spacial score (nSPS) is 11.8. The van der Waals surface area contributed by atoms with E-state index in [0.29, 0.717) is 6.42 Å². The van der Waals surface area contributed by atoms with Crippen LogP contribution in [0.2, 0.25) is 0 Å². The highest BCUT2D eigenvalue weighted by atomic mass is 19.1. The first-order valence-electron chi connectivity index (χ1n) is 5.93. The van der Waals surface area contributed by atoms with Crippen LogP contribution in [-0.2, 0) is 9.59 Å². The second kappa shape index (κ2) is 6.84. The SMILES string of the molecule is Cc1ccc(F)c(NC(=O)C(=O)N[C@H](C)CCO)c1. The van der Waals surface area contributed by atoms with E-state index in [1.54, 1.807) is 19.9 Å². The molecule has 104 valence electrons. The van der Waals surface area contributed by atoms with Crippen LogP contribution in [0.3, 0.4) is 0 Å². The summed E-state index contributed by atoms with van der Waals surface area (Å²) in [5, 5.41) is 13.3. The summed E-state index contributed by atoms with van der Waals surface area (Å²) in [6, 6.07) is 3.90. The smallest absolute Gasteiger partial charge is 0.313 e. The molecule has 0 fully saturated rings. The number of carbonyl (C=O) groups is 2. The van der Waals surface area contributed by atoms with Crippen LogP contribution in [0.1, 0.15) is 18.9 Å². The maximum absolute atomic E-state index is 13.4. The van der Waals surface area contributed by atoms with Crippen LogP contribution in [0, 0.1) is 12.7 Å². The lowest BCUT2D eigenvalue weighted by Gasteiger charge is -2.12. The molecule has 1 atom stereocenters. The third-order valence-corrected chi connectivity index (χ3v) is 2.52. The summed E-state index contributed by atoms with van der Waals surface area (Å²) in [6.45, 7) is 3.32. The van der Waals surface area contributed by atoms with Crippen molar-refractivity contribution >= 4 is 17.5 Å². The van der Waals surface area contributed by atoms with Gasteiger partial charge in [0.05, 0.1) is 5.69 Å². The van der Waals surface area contributed by atoms with Crippen LogP contribution in [0.15, 0.2) is 18.2 Å². The molecule has 1 rings (SSSR count). The van der Waals surface area contributed by atoms with Gasteiger partial charge in [-0.2, -0.15) is 0 Å².